The summed E-state index contributed by atoms with van der Waals surface area (Å²) in [7, 11) is 0. The zero-order valence-electron chi connectivity index (χ0n) is 7.50. The van der Waals surface area contributed by atoms with Gasteiger partial charge in [0.25, 0.3) is 0 Å². The molecule has 0 heterocycles. The monoisotopic (exact) mass is 212 g/mol. The summed E-state index contributed by atoms with van der Waals surface area (Å²) in [5, 5.41) is 0.340. The van der Waals surface area contributed by atoms with E-state index >= 15 is 0 Å². The summed E-state index contributed by atoms with van der Waals surface area (Å²) in [4.78, 5) is 4.11. The quantitative estimate of drug-likeness (QED) is 0.594. The van der Waals surface area contributed by atoms with Crippen LogP contribution in [0.2, 0.25) is 5.02 Å². The van der Waals surface area contributed by atoms with E-state index in [-0.39, 0.29) is 5.82 Å². The van der Waals surface area contributed by atoms with Crippen LogP contribution in [0.4, 0.5) is 10.1 Å². The molecule has 0 unspecified atom stereocenters. The number of hydrogen-bond donors (Lipinski definition) is 1. The smallest absolute Gasteiger partial charge is 0.126 e. The minimum Gasteiger partial charge on any atom is -0.387 e. The second-order valence-corrected chi connectivity index (χ2v) is 3.88. The molecular weight excluding hydrogens is 203 g/mol. The predicted octanol–water partition coefficient (Wildman–Crippen LogP) is 2.88. The van der Waals surface area contributed by atoms with Crippen LogP contribution >= 0.6 is 11.6 Å². The van der Waals surface area contributed by atoms with Gasteiger partial charge in [-0.1, -0.05) is 11.6 Å². The average Bonchev–Trinajstić information content (AvgIpc) is 2.82. The summed E-state index contributed by atoms with van der Waals surface area (Å²) < 4.78 is 12.9. The summed E-state index contributed by atoms with van der Waals surface area (Å²) in [6.45, 7) is 0. The van der Waals surface area contributed by atoms with E-state index in [9.17, 15) is 4.39 Å². The SMILES string of the molecule is NC(=Nc1cc(F)cc(Cl)c1)C1CC1. The number of nitrogens with two attached hydrogens (primary N) is 1. The third-order valence-corrected chi connectivity index (χ3v) is 2.32. The van der Waals surface area contributed by atoms with Gasteiger partial charge in [0.2, 0.25) is 0 Å². The number of benzene rings is 1. The maximum Gasteiger partial charge on any atom is 0.126 e. The highest BCUT2D eigenvalue weighted by atomic mass is 35.5. The van der Waals surface area contributed by atoms with Crippen LogP contribution < -0.4 is 5.73 Å². The lowest BCUT2D eigenvalue weighted by atomic mass is 10.3. The Bertz CT molecular complexity index is 365. The number of nitrogens with zero attached hydrogens (tertiary/aromatic N) is 1. The molecule has 0 amide bonds. The maximum absolute atomic E-state index is 12.9. The van der Waals surface area contributed by atoms with Crippen molar-refractivity contribution in [2.45, 2.75) is 12.8 Å². The van der Waals surface area contributed by atoms with E-state index in [2.05, 4.69) is 4.99 Å². The number of amidine groups is 1. The molecular formula is C10H10ClFN2. The summed E-state index contributed by atoms with van der Waals surface area (Å²) in [5.74, 6) is 0.573. The van der Waals surface area contributed by atoms with Crippen molar-refractivity contribution in [1.82, 2.24) is 0 Å². The van der Waals surface area contributed by atoms with Crippen molar-refractivity contribution >= 4 is 23.1 Å². The first-order valence-electron chi connectivity index (χ1n) is 4.45. The molecule has 0 saturated heterocycles. The molecule has 2 rings (SSSR count). The van der Waals surface area contributed by atoms with Crippen LogP contribution in [0.15, 0.2) is 23.2 Å². The highest BCUT2D eigenvalue weighted by molar-refractivity contribution is 6.30. The first-order chi connectivity index (χ1) is 6.65. The minimum absolute atomic E-state index is 0.340. The summed E-state index contributed by atoms with van der Waals surface area (Å²) in [6.07, 6.45) is 2.16. The Kier molecular flexibility index (Phi) is 2.42. The number of rotatable bonds is 2. The van der Waals surface area contributed by atoms with Gasteiger partial charge in [-0.15, -0.1) is 0 Å². The Morgan fingerprint density at radius 1 is 1.43 bits per heavy atom. The van der Waals surface area contributed by atoms with Crippen molar-refractivity contribution in [2.75, 3.05) is 0 Å². The van der Waals surface area contributed by atoms with E-state index in [0.29, 0.717) is 22.5 Å². The van der Waals surface area contributed by atoms with Gasteiger partial charge < -0.3 is 5.73 Å². The summed E-state index contributed by atoms with van der Waals surface area (Å²) >= 11 is 5.68. The zero-order chi connectivity index (χ0) is 10.1. The molecule has 2 N–H and O–H groups in total. The van der Waals surface area contributed by atoms with Gasteiger partial charge in [-0.3, -0.25) is 0 Å². The van der Waals surface area contributed by atoms with Crippen molar-refractivity contribution in [3.8, 4) is 0 Å². The van der Waals surface area contributed by atoms with Gasteiger partial charge in [0.05, 0.1) is 5.69 Å². The van der Waals surface area contributed by atoms with Crippen LogP contribution in [-0.2, 0) is 0 Å². The van der Waals surface area contributed by atoms with Crippen molar-refractivity contribution in [2.24, 2.45) is 16.6 Å². The molecule has 0 spiro atoms. The molecule has 1 saturated carbocycles. The molecule has 1 aromatic rings. The van der Waals surface area contributed by atoms with Gasteiger partial charge >= 0.3 is 0 Å². The van der Waals surface area contributed by atoms with E-state index in [0.717, 1.165) is 12.8 Å². The first-order valence-corrected chi connectivity index (χ1v) is 4.83. The van der Waals surface area contributed by atoms with E-state index in [1.807, 2.05) is 0 Å². The molecule has 0 atom stereocenters. The summed E-state index contributed by atoms with van der Waals surface area (Å²) in [6, 6.07) is 4.16. The van der Waals surface area contributed by atoms with E-state index < -0.39 is 0 Å². The second kappa shape index (κ2) is 3.58. The highest BCUT2D eigenvalue weighted by Gasteiger charge is 2.25. The fourth-order valence-electron chi connectivity index (χ4n) is 1.22. The van der Waals surface area contributed by atoms with Crippen molar-refractivity contribution in [3.05, 3.63) is 29.0 Å². The van der Waals surface area contributed by atoms with Gasteiger partial charge in [0, 0.05) is 10.9 Å². The fourth-order valence-corrected chi connectivity index (χ4v) is 1.44. The third-order valence-electron chi connectivity index (χ3n) is 2.10. The van der Waals surface area contributed by atoms with Crippen LogP contribution in [0.1, 0.15) is 12.8 Å². The molecule has 4 heteroatoms. The fraction of sp³-hybridized carbons (Fsp3) is 0.300. The summed E-state index contributed by atoms with van der Waals surface area (Å²) in [5.41, 5.74) is 6.18. The molecule has 1 fully saturated rings. The zero-order valence-corrected chi connectivity index (χ0v) is 8.26. The Labute approximate surface area is 86.6 Å². The Hall–Kier alpha value is -1.09. The lowest BCUT2D eigenvalue weighted by Gasteiger charge is -1.99. The molecule has 0 bridgehead atoms. The Morgan fingerprint density at radius 2 is 2.14 bits per heavy atom. The standard InChI is InChI=1S/C10H10ClFN2/c11-7-3-8(12)5-9(4-7)14-10(13)6-1-2-6/h3-6H,1-2H2,(H2,13,14). The maximum atomic E-state index is 12.9. The van der Waals surface area contributed by atoms with Crippen molar-refractivity contribution in [3.63, 3.8) is 0 Å². The van der Waals surface area contributed by atoms with Crippen LogP contribution in [0, 0.1) is 11.7 Å². The lowest BCUT2D eigenvalue weighted by Crippen LogP contribution is -2.12. The molecule has 0 aliphatic heterocycles. The predicted molar refractivity (Wildman–Crippen MR) is 55.4 cm³/mol. The van der Waals surface area contributed by atoms with Crippen LogP contribution in [-0.4, -0.2) is 5.84 Å². The minimum atomic E-state index is -0.389. The highest BCUT2D eigenvalue weighted by Crippen LogP contribution is 2.30. The molecule has 1 aromatic carbocycles. The first kappa shape index (κ1) is 9.46. The molecule has 1 aliphatic rings. The number of hydrogen-bond acceptors (Lipinski definition) is 1. The molecule has 14 heavy (non-hydrogen) atoms. The van der Waals surface area contributed by atoms with E-state index in [1.165, 1.54) is 12.1 Å². The topological polar surface area (TPSA) is 38.4 Å². The van der Waals surface area contributed by atoms with Crippen molar-refractivity contribution in [1.29, 1.82) is 0 Å². The van der Waals surface area contributed by atoms with Crippen LogP contribution in [0.5, 0.6) is 0 Å². The molecule has 1 aliphatic carbocycles. The van der Waals surface area contributed by atoms with Gasteiger partial charge in [-0.2, -0.15) is 0 Å². The van der Waals surface area contributed by atoms with Gasteiger partial charge in [-0.25, -0.2) is 9.38 Å². The second-order valence-electron chi connectivity index (χ2n) is 3.44. The molecule has 2 nitrogen and oxygen atoms in total. The molecule has 0 radical (unpaired) electrons. The van der Waals surface area contributed by atoms with Gasteiger partial charge in [0.1, 0.15) is 11.7 Å². The number of halogens is 2. The van der Waals surface area contributed by atoms with Crippen LogP contribution in [0.25, 0.3) is 0 Å². The normalized spacial score (nSPS) is 17.1. The average molecular weight is 213 g/mol. The number of aliphatic imine (C=N–C) groups is 1. The van der Waals surface area contributed by atoms with E-state index in [4.69, 9.17) is 17.3 Å². The Balaban J connectivity index is 2.27. The van der Waals surface area contributed by atoms with Gasteiger partial charge in [0.15, 0.2) is 0 Å². The van der Waals surface area contributed by atoms with Crippen LogP contribution in [0.3, 0.4) is 0 Å². The largest absolute Gasteiger partial charge is 0.387 e. The van der Waals surface area contributed by atoms with E-state index in [1.54, 1.807) is 6.07 Å². The van der Waals surface area contributed by atoms with Crippen molar-refractivity contribution < 1.29 is 4.39 Å². The molecule has 0 aromatic heterocycles. The van der Waals surface area contributed by atoms with Gasteiger partial charge in [-0.05, 0) is 31.0 Å². The third kappa shape index (κ3) is 2.23. The molecule has 74 valence electrons. The Morgan fingerprint density at radius 3 is 2.71 bits per heavy atom. The lowest BCUT2D eigenvalue weighted by molar-refractivity contribution is 0.628.